The van der Waals surface area contributed by atoms with Crippen LogP contribution in [0.15, 0.2) is 54.6 Å². The highest BCUT2D eigenvalue weighted by molar-refractivity contribution is 6.04. The van der Waals surface area contributed by atoms with Crippen molar-refractivity contribution in [3.05, 3.63) is 65.7 Å². The van der Waals surface area contributed by atoms with Crippen LogP contribution in [0.2, 0.25) is 0 Å². The van der Waals surface area contributed by atoms with Gasteiger partial charge in [0.15, 0.2) is 5.41 Å². The molecular formula is C24H26N2O4. The summed E-state index contributed by atoms with van der Waals surface area (Å²) < 4.78 is 11.3. The Labute approximate surface area is 176 Å². The minimum Gasteiger partial charge on any atom is -0.422 e. The van der Waals surface area contributed by atoms with E-state index >= 15 is 0 Å². The van der Waals surface area contributed by atoms with Crippen molar-refractivity contribution in [3.63, 3.8) is 0 Å². The third kappa shape index (κ3) is 2.98. The van der Waals surface area contributed by atoms with Gasteiger partial charge in [-0.05, 0) is 17.2 Å². The summed E-state index contributed by atoms with van der Waals surface area (Å²) in [7, 11) is 0. The van der Waals surface area contributed by atoms with Gasteiger partial charge < -0.3 is 14.4 Å². The van der Waals surface area contributed by atoms with Gasteiger partial charge in [-0.2, -0.15) is 0 Å². The SMILES string of the molecule is CC1(C)OC(=O)C2(Cc3ccccc3N3CCN(Cc4ccccc4)C[C@@H]32)C(=O)O1. The molecule has 1 atom stereocenters. The minimum atomic E-state index is -1.35. The molecule has 3 aliphatic rings. The predicted octanol–water partition coefficient (Wildman–Crippen LogP) is 2.76. The van der Waals surface area contributed by atoms with Crippen molar-refractivity contribution in [1.29, 1.82) is 0 Å². The fraction of sp³-hybridized carbons (Fsp3) is 0.417. The summed E-state index contributed by atoms with van der Waals surface area (Å²) in [4.78, 5) is 31.2. The molecule has 1 spiro atoms. The summed E-state index contributed by atoms with van der Waals surface area (Å²) in [6.07, 6.45) is 0.303. The van der Waals surface area contributed by atoms with Crippen LogP contribution in [0.25, 0.3) is 0 Å². The molecule has 0 N–H and O–H groups in total. The zero-order chi connectivity index (χ0) is 20.9. The summed E-state index contributed by atoms with van der Waals surface area (Å²) in [6, 6.07) is 17.9. The second-order valence-corrected chi connectivity index (χ2v) is 8.89. The molecule has 0 aliphatic carbocycles. The number of carbonyl (C=O) groups is 2. The molecule has 6 heteroatoms. The highest BCUT2D eigenvalue weighted by atomic mass is 16.7. The molecule has 5 rings (SSSR count). The van der Waals surface area contributed by atoms with Crippen molar-refractivity contribution in [2.75, 3.05) is 24.5 Å². The van der Waals surface area contributed by atoms with Crippen LogP contribution < -0.4 is 4.90 Å². The molecular weight excluding hydrogens is 380 g/mol. The smallest absolute Gasteiger partial charge is 0.329 e. The van der Waals surface area contributed by atoms with Gasteiger partial charge in [-0.25, -0.2) is 0 Å². The number of rotatable bonds is 2. The first-order valence-electron chi connectivity index (χ1n) is 10.5. The molecule has 156 valence electrons. The van der Waals surface area contributed by atoms with Crippen LogP contribution in [0.5, 0.6) is 0 Å². The van der Waals surface area contributed by atoms with E-state index in [0.717, 1.165) is 30.9 Å². The van der Waals surface area contributed by atoms with Crippen molar-refractivity contribution >= 4 is 17.6 Å². The van der Waals surface area contributed by atoms with Crippen molar-refractivity contribution in [2.24, 2.45) is 5.41 Å². The first-order chi connectivity index (χ1) is 14.4. The lowest BCUT2D eigenvalue weighted by atomic mass is 9.69. The number of anilines is 1. The third-order valence-electron chi connectivity index (χ3n) is 6.46. The maximum Gasteiger partial charge on any atom is 0.329 e. The number of benzene rings is 2. The highest BCUT2D eigenvalue weighted by Gasteiger charge is 2.64. The summed E-state index contributed by atoms with van der Waals surface area (Å²) in [5, 5.41) is 0. The number of nitrogens with zero attached hydrogens (tertiary/aromatic N) is 2. The molecule has 2 aromatic rings. The predicted molar refractivity (Wildman–Crippen MR) is 112 cm³/mol. The van der Waals surface area contributed by atoms with Crippen molar-refractivity contribution in [2.45, 2.75) is 38.6 Å². The summed E-state index contributed by atoms with van der Waals surface area (Å²) in [5.74, 6) is -2.19. The summed E-state index contributed by atoms with van der Waals surface area (Å²) >= 11 is 0. The Morgan fingerprint density at radius 1 is 0.933 bits per heavy atom. The van der Waals surface area contributed by atoms with Gasteiger partial charge in [0.1, 0.15) is 0 Å². The van der Waals surface area contributed by atoms with E-state index in [1.54, 1.807) is 13.8 Å². The maximum atomic E-state index is 13.4. The van der Waals surface area contributed by atoms with E-state index in [2.05, 4.69) is 28.0 Å². The maximum absolute atomic E-state index is 13.4. The number of hydrogen-bond donors (Lipinski definition) is 0. The Hall–Kier alpha value is -2.86. The van der Waals surface area contributed by atoms with E-state index < -0.39 is 23.1 Å². The van der Waals surface area contributed by atoms with Crippen LogP contribution in [0, 0.1) is 5.41 Å². The molecule has 3 heterocycles. The molecule has 2 fully saturated rings. The Morgan fingerprint density at radius 3 is 2.33 bits per heavy atom. The first kappa shape index (κ1) is 19.1. The minimum absolute atomic E-state index is 0.303. The lowest BCUT2D eigenvalue weighted by Gasteiger charge is -2.54. The fourth-order valence-corrected chi connectivity index (χ4v) is 5.04. The monoisotopic (exact) mass is 406 g/mol. The molecule has 0 amide bonds. The highest BCUT2D eigenvalue weighted by Crippen LogP contribution is 2.47. The topological polar surface area (TPSA) is 59.1 Å². The van der Waals surface area contributed by atoms with E-state index in [0.29, 0.717) is 13.0 Å². The van der Waals surface area contributed by atoms with Gasteiger partial charge in [-0.3, -0.25) is 14.5 Å². The van der Waals surface area contributed by atoms with Crippen molar-refractivity contribution < 1.29 is 19.1 Å². The Morgan fingerprint density at radius 2 is 1.60 bits per heavy atom. The normalized spacial score (nSPS) is 24.6. The molecule has 30 heavy (non-hydrogen) atoms. The number of piperazine rings is 1. The van der Waals surface area contributed by atoms with Gasteiger partial charge in [0.05, 0.1) is 6.04 Å². The van der Waals surface area contributed by atoms with Crippen LogP contribution in [0.1, 0.15) is 25.0 Å². The van der Waals surface area contributed by atoms with Gasteiger partial charge in [-0.1, -0.05) is 48.5 Å². The third-order valence-corrected chi connectivity index (χ3v) is 6.46. The second kappa shape index (κ2) is 6.84. The number of carbonyl (C=O) groups excluding carboxylic acids is 2. The average Bonchev–Trinajstić information content (AvgIpc) is 2.72. The fourth-order valence-electron chi connectivity index (χ4n) is 5.04. The summed E-state index contributed by atoms with van der Waals surface area (Å²) in [6.45, 7) is 6.16. The molecule has 2 saturated heterocycles. The van der Waals surface area contributed by atoms with Crippen LogP contribution in [-0.4, -0.2) is 48.3 Å². The molecule has 0 aromatic heterocycles. The Kier molecular flexibility index (Phi) is 4.36. The Bertz CT molecular complexity index is 968. The molecule has 0 radical (unpaired) electrons. The van der Waals surface area contributed by atoms with Gasteiger partial charge in [-0.15, -0.1) is 0 Å². The lowest BCUT2D eigenvalue weighted by molar-refractivity contribution is -0.253. The van der Waals surface area contributed by atoms with E-state index in [1.807, 2.05) is 36.4 Å². The molecule has 6 nitrogen and oxygen atoms in total. The van der Waals surface area contributed by atoms with E-state index in [9.17, 15) is 9.59 Å². The van der Waals surface area contributed by atoms with Gasteiger partial charge in [0.25, 0.3) is 5.79 Å². The first-order valence-corrected chi connectivity index (χ1v) is 10.5. The van der Waals surface area contributed by atoms with Crippen LogP contribution in [-0.2, 0) is 32.0 Å². The van der Waals surface area contributed by atoms with Crippen LogP contribution in [0.4, 0.5) is 5.69 Å². The zero-order valence-electron chi connectivity index (χ0n) is 17.3. The molecule has 0 bridgehead atoms. The molecule has 0 saturated carbocycles. The van der Waals surface area contributed by atoms with E-state index in [-0.39, 0.29) is 6.04 Å². The largest absolute Gasteiger partial charge is 0.422 e. The van der Waals surface area contributed by atoms with Gasteiger partial charge in [0, 0.05) is 52.1 Å². The van der Waals surface area contributed by atoms with Gasteiger partial charge >= 0.3 is 11.9 Å². The van der Waals surface area contributed by atoms with E-state index in [1.165, 1.54) is 5.56 Å². The van der Waals surface area contributed by atoms with Crippen LogP contribution in [0.3, 0.4) is 0 Å². The van der Waals surface area contributed by atoms with Crippen LogP contribution >= 0.6 is 0 Å². The van der Waals surface area contributed by atoms with Crippen molar-refractivity contribution in [1.82, 2.24) is 4.90 Å². The number of cyclic esters (lactones) is 2. The van der Waals surface area contributed by atoms with Gasteiger partial charge in [0.2, 0.25) is 0 Å². The van der Waals surface area contributed by atoms with Crippen molar-refractivity contribution in [3.8, 4) is 0 Å². The number of fused-ring (bicyclic) bond motifs is 4. The lowest BCUT2D eigenvalue weighted by Crippen LogP contribution is -2.70. The average molecular weight is 406 g/mol. The molecule has 2 aromatic carbocycles. The number of esters is 2. The standard InChI is InChI=1S/C24H26N2O4/c1-23(2)29-21(27)24(22(28)30-23)14-18-10-6-7-11-19(18)26-13-12-25(16-20(24)26)15-17-8-4-3-5-9-17/h3-11,20H,12-16H2,1-2H3/t20-/m1/s1. The molecule has 0 unspecified atom stereocenters. The number of ether oxygens (including phenoxy) is 2. The second-order valence-electron chi connectivity index (χ2n) is 8.89. The zero-order valence-corrected chi connectivity index (χ0v) is 17.3. The Balaban J connectivity index is 1.53. The summed E-state index contributed by atoms with van der Waals surface area (Å²) in [5.41, 5.74) is 1.95. The quantitative estimate of drug-likeness (QED) is 0.565. The number of para-hydroxylation sites is 1. The van der Waals surface area contributed by atoms with E-state index in [4.69, 9.17) is 9.47 Å². The molecule has 3 aliphatic heterocycles. The number of hydrogen-bond acceptors (Lipinski definition) is 6.